The van der Waals surface area contributed by atoms with Gasteiger partial charge in [-0.1, -0.05) is 11.6 Å². The van der Waals surface area contributed by atoms with E-state index in [4.69, 9.17) is 23.8 Å². The first-order valence-electron chi connectivity index (χ1n) is 8.19. The Labute approximate surface area is 164 Å². The highest BCUT2D eigenvalue weighted by Crippen LogP contribution is 2.25. The molecule has 1 aliphatic rings. The molecule has 0 aliphatic carbocycles. The molecule has 26 heavy (non-hydrogen) atoms. The van der Waals surface area contributed by atoms with Crippen molar-refractivity contribution in [2.24, 2.45) is 0 Å². The van der Waals surface area contributed by atoms with Crippen molar-refractivity contribution in [1.29, 1.82) is 0 Å². The summed E-state index contributed by atoms with van der Waals surface area (Å²) in [6, 6.07) is 4.10. The fraction of sp³-hybridized carbons (Fsp3) is 0.500. The van der Waals surface area contributed by atoms with Crippen LogP contribution in [0.5, 0.6) is 0 Å². The number of hydrogen-bond donors (Lipinski definition) is 3. The third kappa shape index (κ3) is 5.29. The van der Waals surface area contributed by atoms with Crippen molar-refractivity contribution in [2.45, 2.75) is 44.0 Å². The van der Waals surface area contributed by atoms with Gasteiger partial charge in [-0.2, -0.15) is 4.31 Å². The van der Waals surface area contributed by atoms with Crippen LogP contribution in [0.25, 0.3) is 0 Å². The van der Waals surface area contributed by atoms with Gasteiger partial charge < -0.3 is 5.32 Å². The smallest absolute Gasteiger partial charge is 0.271 e. The number of amides is 1. The summed E-state index contributed by atoms with van der Waals surface area (Å²) in [5.74, 6) is -0.577. The molecule has 2 rings (SSSR count). The van der Waals surface area contributed by atoms with Gasteiger partial charge in [-0.15, -0.1) is 0 Å². The fourth-order valence-electron chi connectivity index (χ4n) is 2.47. The number of hydrazine groups is 1. The molecule has 0 unspecified atom stereocenters. The van der Waals surface area contributed by atoms with Crippen molar-refractivity contribution in [3.63, 3.8) is 0 Å². The van der Waals surface area contributed by atoms with Gasteiger partial charge in [0.25, 0.3) is 5.91 Å². The second-order valence-electron chi connectivity index (χ2n) is 7.04. The zero-order valence-corrected chi connectivity index (χ0v) is 17.3. The molecule has 0 bridgehead atoms. The van der Waals surface area contributed by atoms with Crippen LogP contribution in [0.1, 0.15) is 44.0 Å². The Morgan fingerprint density at radius 3 is 2.38 bits per heavy atom. The predicted molar refractivity (Wildman–Crippen MR) is 106 cm³/mol. The number of rotatable bonds is 3. The number of nitrogens with zero attached hydrogens (tertiary/aromatic N) is 1. The second kappa shape index (κ2) is 8.08. The number of carbonyl (C=O) groups excluding carboxylic acids is 1. The number of carbonyl (C=O) groups is 1. The summed E-state index contributed by atoms with van der Waals surface area (Å²) in [6.07, 6.45) is 1.67. The highest BCUT2D eigenvalue weighted by atomic mass is 35.5. The maximum atomic E-state index is 12.6. The van der Waals surface area contributed by atoms with Crippen molar-refractivity contribution in [1.82, 2.24) is 20.5 Å². The third-order valence-corrected chi connectivity index (χ3v) is 6.09. The van der Waals surface area contributed by atoms with Gasteiger partial charge in [-0.05, 0) is 64.0 Å². The lowest BCUT2D eigenvalue weighted by atomic mass is 10.1. The fourth-order valence-corrected chi connectivity index (χ4v) is 4.57. The standard InChI is InChI=1S/C16H23ClN4O3S2/c1-16(2,3)18-15(25)20-19-14(22)12-10-11(6-7-13(12)17)26(23,24)21-8-4-5-9-21/h6-7,10H,4-5,8-9H2,1-3H3,(H,19,22)(H2,18,20,25). The molecule has 144 valence electrons. The van der Waals surface area contributed by atoms with Crippen LogP contribution in [-0.2, 0) is 10.0 Å². The van der Waals surface area contributed by atoms with Crippen molar-refractivity contribution in [2.75, 3.05) is 13.1 Å². The summed E-state index contributed by atoms with van der Waals surface area (Å²) < 4.78 is 26.7. The summed E-state index contributed by atoms with van der Waals surface area (Å²) in [5.41, 5.74) is 4.79. The van der Waals surface area contributed by atoms with Crippen LogP contribution in [0, 0.1) is 0 Å². The molecule has 0 radical (unpaired) electrons. The quantitative estimate of drug-likeness (QED) is 0.514. The number of hydrogen-bond acceptors (Lipinski definition) is 4. The average Bonchev–Trinajstić information content (AvgIpc) is 3.06. The summed E-state index contributed by atoms with van der Waals surface area (Å²) in [4.78, 5) is 12.4. The first kappa shape index (κ1) is 20.9. The number of halogens is 1. The third-order valence-electron chi connectivity index (χ3n) is 3.66. The summed E-state index contributed by atoms with van der Waals surface area (Å²) in [6.45, 7) is 6.74. The molecule has 1 aromatic rings. The zero-order valence-electron chi connectivity index (χ0n) is 14.9. The van der Waals surface area contributed by atoms with E-state index in [1.165, 1.54) is 22.5 Å². The Morgan fingerprint density at radius 2 is 1.81 bits per heavy atom. The van der Waals surface area contributed by atoms with Gasteiger partial charge in [-0.3, -0.25) is 15.6 Å². The molecule has 1 amide bonds. The van der Waals surface area contributed by atoms with E-state index in [1.807, 2.05) is 20.8 Å². The Kier molecular flexibility index (Phi) is 6.49. The molecule has 1 saturated heterocycles. The van der Waals surface area contributed by atoms with E-state index in [0.29, 0.717) is 13.1 Å². The predicted octanol–water partition coefficient (Wildman–Crippen LogP) is 2.03. The molecule has 7 nitrogen and oxygen atoms in total. The van der Waals surface area contributed by atoms with E-state index in [1.54, 1.807) is 0 Å². The molecule has 1 fully saturated rings. The number of thiocarbonyl (C=S) groups is 1. The molecular formula is C16H23ClN4O3S2. The average molecular weight is 419 g/mol. The monoisotopic (exact) mass is 418 g/mol. The molecule has 1 aromatic carbocycles. The number of nitrogens with one attached hydrogen (secondary N) is 3. The summed E-state index contributed by atoms with van der Waals surface area (Å²) in [7, 11) is -3.63. The van der Waals surface area contributed by atoms with Gasteiger partial charge in [0.2, 0.25) is 10.0 Å². The molecule has 0 aromatic heterocycles. The lowest BCUT2D eigenvalue weighted by Crippen LogP contribution is -2.52. The van der Waals surface area contributed by atoms with Gasteiger partial charge in [0.05, 0.1) is 15.5 Å². The van der Waals surface area contributed by atoms with Gasteiger partial charge in [-0.25, -0.2) is 8.42 Å². The molecule has 1 aliphatic heterocycles. The van der Waals surface area contributed by atoms with E-state index < -0.39 is 15.9 Å². The van der Waals surface area contributed by atoms with Crippen LogP contribution in [0.15, 0.2) is 23.1 Å². The van der Waals surface area contributed by atoms with Crippen molar-refractivity contribution >= 4 is 44.9 Å². The molecule has 3 N–H and O–H groups in total. The van der Waals surface area contributed by atoms with Crippen LogP contribution in [0.4, 0.5) is 0 Å². The minimum atomic E-state index is -3.63. The molecule has 10 heteroatoms. The lowest BCUT2D eigenvalue weighted by molar-refractivity contribution is 0.0943. The van der Waals surface area contributed by atoms with Gasteiger partial charge in [0.15, 0.2) is 5.11 Å². The zero-order chi connectivity index (χ0) is 19.5. The summed E-state index contributed by atoms with van der Waals surface area (Å²) >= 11 is 11.2. The summed E-state index contributed by atoms with van der Waals surface area (Å²) in [5, 5.41) is 3.37. The van der Waals surface area contributed by atoms with Gasteiger partial charge in [0, 0.05) is 18.6 Å². The van der Waals surface area contributed by atoms with Crippen LogP contribution >= 0.6 is 23.8 Å². The Balaban J connectivity index is 2.14. The molecule has 1 heterocycles. The van der Waals surface area contributed by atoms with Gasteiger partial charge >= 0.3 is 0 Å². The Bertz CT molecular complexity index is 800. The highest BCUT2D eigenvalue weighted by Gasteiger charge is 2.28. The van der Waals surface area contributed by atoms with E-state index in [0.717, 1.165) is 12.8 Å². The maximum absolute atomic E-state index is 12.6. The number of benzene rings is 1. The minimum Gasteiger partial charge on any atom is -0.357 e. The second-order valence-corrected chi connectivity index (χ2v) is 9.79. The van der Waals surface area contributed by atoms with Crippen LogP contribution in [0.3, 0.4) is 0 Å². The van der Waals surface area contributed by atoms with Crippen LogP contribution in [0.2, 0.25) is 5.02 Å². The van der Waals surface area contributed by atoms with Crippen molar-refractivity contribution < 1.29 is 13.2 Å². The maximum Gasteiger partial charge on any atom is 0.271 e. The molecular weight excluding hydrogens is 396 g/mol. The first-order valence-corrected chi connectivity index (χ1v) is 10.4. The number of sulfonamides is 1. The molecule has 0 atom stereocenters. The molecule has 0 saturated carbocycles. The lowest BCUT2D eigenvalue weighted by Gasteiger charge is -2.23. The Morgan fingerprint density at radius 1 is 1.19 bits per heavy atom. The normalized spacial score (nSPS) is 15.5. The SMILES string of the molecule is CC(C)(C)NC(=S)NNC(=O)c1cc(S(=O)(=O)N2CCCC2)ccc1Cl. The molecule has 0 spiro atoms. The van der Waals surface area contributed by atoms with Crippen molar-refractivity contribution in [3.05, 3.63) is 28.8 Å². The van der Waals surface area contributed by atoms with E-state index >= 15 is 0 Å². The highest BCUT2D eigenvalue weighted by molar-refractivity contribution is 7.89. The van der Waals surface area contributed by atoms with Crippen LogP contribution in [-0.4, -0.2) is 42.4 Å². The minimum absolute atomic E-state index is 0.0457. The van der Waals surface area contributed by atoms with Crippen LogP contribution < -0.4 is 16.2 Å². The first-order chi connectivity index (χ1) is 12.0. The van der Waals surface area contributed by atoms with E-state index in [9.17, 15) is 13.2 Å². The van der Waals surface area contributed by atoms with Gasteiger partial charge in [0.1, 0.15) is 0 Å². The largest absolute Gasteiger partial charge is 0.357 e. The Hall–Kier alpha value is -1.42. The van der Waals surface area contributed by atoms with E-state index in [-0.39, 0.29) is 26.1 Å². The topological polar surface area (TPSA) is 90.5 Å². The van der Waals surface area contributed by atoms with E-state index in [2.05, 4.69) is 16.2 Å². The van der Waals surface area contributed by atoms with Crippen molar-refractivity contribution in [3.8, 4) is 0 Å².